The van der Waals surface area contributed by atoms with Gasteiger partial charge in [0.1, 0.15) is 0 Å². The summed E-state index contributed by atoms with van der Waals surface area (Å²) < 4.78 is 0. The molecule has 2 amide bonds. The Balaban J connectivity index is 0.000000720. The van der Waals surface area contributed by atoms with Gasteiger partial charge >= 0.3 is 11.2 Å². The number of hydrogen-bond acceptors (Lipinski definition) is 3. The molecule has 4 N–H and O–H groups in total. The number of nitrogens with one attached hydrogen (secondary N) is 4. The van der Waals surface area contributed by atoms with E-state index < -0.39 is 0 Å². The third-order valence-electron chi connectivity index (χ3n) is 1.68. The van der Waals surface area contributed by atoms with Crippen molar-refractivity contribution >= 4 is 23.0 Å². The summed E-state index contributed by atoms with van der Waals surface area (Å²) in [5, 5.41) is 9.54. The van der Waals surface area contributed by atoms with Crippen molar-refractivity contribution in [2.45, 2.75) is 12.3 Å². The van der Waals surface area contributed by atoms with Crippen molar-refractivity contribution in [2.24, 2.45) is 0 Å². The number of amidine groups is 1. The Morgan fingerprint density at radius 1 is 1.42 bits per heavy atom. The molecule has 1 fully saturated rings. The smallest absolute Gasteiger partial charge is 0.321 e. The zero-order valence-electron chi connectivity index (χ0n) is 6.35. The molecule has 5 nitrogen and oxygen atoms in total. The second-order valence-corrected chi connectivity index (χ2v) is 3.21. The van der Waals surface area contributed by atoms with E-state index in [-0.39, 0.29) is 42.3 Å². The van der Waals surface area contributed by atoms with Crippen LogP contribution in [-0.2, 0) is 0 Å². The molecule has 2 atom stereocenters. The van der Waals surface area contributed by atoms with Gasteiger partial charge in [-0.2, -0.15) is 0 Å². The number of urea groups is 1. The monoisotopic (exact) mass is 300 g/mol. The van der Waals surface area contributed by atoms with Crippen LogP contribution in [0.25, 0.3) is 0 Å². The number of fused-ring (bicyclic) bond motifs is 1. The Kier molecular flexibility index (Phi) is 3.04. The highest BCUT2D eigenvalue weighted by molar-refractivity contribution is 8.12. The molecule has 0 spiro atoms. The summed E-state index contributed by atoms with van der Waals surface area (Å²) in [6, 6.07) is -0.125. The molecule has 7 heteroatoms. The topological polar surface area (TPSA) is 67.1 Å². The number of amides is 2. The zero-order chi connectivity index (χ0) is 7.84. The van der Waals surface area contributed by atoms with Gasteiger partial charge in [-0.25, -0.2) is 15.1 Å². The van der Waals surface area contributed by atoms with E-state index >= 15 is 0 Å². The summed E-state index contributed by atoms with van der Waals surface area (Å²) >= 11 is 1.59. The predicted molar refractivity (Wildman–Crippen MR) is 41.9 cm³/mol. The highest BCUT2D eigenvalue weighted by Crippen LogP contribution is 1.98. The molecule has 2 rings (SSSR count). The SMILES string of the molecule is CSC1=[NH+]C2NC(=O)NC2N1.[I-]. The normalized spacial score (nSPS) is 30.8. The minimum Gasteiger partial charge on any atom is -1.00 e. The first kappa shape index (κ1) is 9.90. The third-order valence-corrected chi connectivity index (χ3v) is 2.33. The number of hydrogen-bond donors (Lipinski definition) is 4. The van der Waals surface area contributed by atoms with Crippen molar-refractivity contribution in [1.82, 2.24) is 16.0 Å². The summed E-state index contributed by atoms with van der Waals surface area (Å²) in [4.78, 5) is 13.8. The second-order valence-electron chi connectivity index (χ2n) is 2.40. The highest BCUT2D eigenvalue weighted by atomic mass is 127. The summed E-state index contributed by atoms with van der Waals surface area (Å²) in [6.45, 7) is 0. The standard InChI is InChI=1S/C5H8N4OS.HI/c1-11-5-8-2-3(9-5)7-4(10)6-2;/h2-3H,1H3,(H,8,9)(H2,6,7,10);1H. The van der Waals surface area contributed by atoms with Crippen molar-refractivity contribution in [2.75, 3.05) is 6.26 Å². The van der Waals surface area contributed by atoms with Crippen molar-refractivity contribution in [3.05, 3.63) is 0 Å². The van der Waals surface area contributed by atoms with Crippen LogP contribution in [0.15, 0.2) is 0 Å². The fourth-order valence-electron chi connectivity index (χ4n) is 1.17. The molecular weight excluding hydrogens is 291 g/mol. The van der Waals surface area contributed by atoms with E-state index in [4.69, 9.17) is 0 Å². The lowest BCUT2D eigenvalue weighted by Gasteiger charge is -1.98. The number of thioether (sulfide) groups is 1. The minimum atomic E-state index is -0.125. The van der Waals surface area contributed by atoms with E-state index in [1.165, 1.54) is 0 Å². The van der Waals surface area contributed by atoms with Crippen molar-refractivity contribution in [3.63, 3.8) is 0 Å². The van der Waals surface area contributed by atoms with Crippen LogP contribution in [0.2, 0.25) is 0 Å². The summed E-state index contributed by atoms with van der Waals surface area (Å²) in [5.74, 6) is 0. The Hall–Kier alpha value is -0.180. The summed E-state index contributed by atoms with van der Waals surface area (Å²) in [6.07, 6.45) is 1.98. The van der Waals surface area contributed by atoms with E-state index in [0.29, 0.717) is 0 Å². The molecular formula is C5H9IN4OS. The van der Waals surface area contributed by atoms with E-state index in [9.17, 15) is 4.79 Å². The molecule has 2 unspecified atom stereocenters. The van der Waals surface area contributed by atoms with Gasteiger partial charge in [-0.15, -0.1) is 0 Å². The summed E-state index contributed by atoms with van der Waals surface area (Å²) in [7, 11) is 0. The molecule has 2 aliphatic heterocycles. The molecule has 0 aliphatic carbocycles. The molecule has 68 valence electrons. The van der Waals surface area contributed by atoms with E-state index in [0.717, 1.165) is 5.17 Å². The van der Waals surface area contributed by atoms with Gasteiger partial charge in [-0.05, 0) is 18.0 Å². The molecule has 0 aromatic heterocycles. The Bertz CT molecular complexity index is 233. The van der Waals surface area contributed by atoms with Crippen LogP contribution in [0.1, 0.15) is 0 Å². The predicted octanol–water partition coefficient (Wildman–Crippen LogP) is -5.64. The largest absolute Gasteiger partial charge is 1.00 e. The summed E-state index contributed by atoms with van der Waals surface area (Å²) in [5.41, 5.74) is 0. The first-order valence-electron chi connectivity index (χ1n) is 3.30. The molecule has 0 aromatic rings. The van der Waals surface area contributed by atoms with Crippen LogP contribution in [0.3, 0.4) is 0 Å². The Labute approximate surface area is 91.2 Å². The maximum atomic E-state index is 10.7. The molecule has 2 heterocycles. The number of halogens is 1. The van der Waals surface area contributed by atoms with Crippen LogP contribution in [0.5, 0.6) is 0 Å². The molecule has 0 radical (unpaired) electrons. The number of carbonyl (C=O) groups is 1. The molecule has 0 bridgehead atoms. The van der Waals surface area contributed by atoms with Crippen LogP contribution in [-0.4, -0.2) is 29.8 Å². The van der Waals surface area contributed by atoms with Gasteiger partial charge in [-0.1, -0.05) is 0 Å². The zero-order valence-corrected chi connectivity index (χ0v) is 9.32. The highest BCUT2D eigenvalue weighted by Gasteiger charge is 2.42. The van der Waals surface area contributed by atoms with Crippen LogP contribution in [0, 0.1) is 0 Å². The van der Waals surface area contributed by atoms with Crippen molar-refractivity contribution in [3.8, 4) is 0 Å². The second kappa shape index (κ2) is 3.69. The van der Waals surface area contributed by atoms with Gasteiger partial charge in [0.05, 0.1) is 0 Å². The average Bonchev–Trinajstić information content (AvgIpc) is 2.43. The minimum absolute atomic E-state index is 0. The van der Waals surface area contributed by atoms with Crippen LogP contribution < -0.4 is 44.9 Å². The Morgan fingerprint density at radius 3 is 2.75 bits per heavy atom. The lowest BCUT2D eigenvalue weighted by molar-refractivity contribution is -0.495. The van der Waals surface area contributed by atoms with Crippen LogP contribution in [0.4, 0.5) is 4.79 Å². The number of rotatable bonds is 0. The first-order valence-corrected chi connectivity index (χ1v) is 4.53. The van der Waals surface area contributed by atoms with E-state index in [2.05, 4.69) is 20.9 Å². The molecule has 1 saturated heterocycles. The van der Waals surface area contributed by atoms with Gasteiger partial charge in [0, 0.05) is 0 Å². The van der Waals surface area contributed by atoms with Gasteiger partial charge in [0.2, 0.25) is 12.3 Å². The fraction of sp³-hybridized carbons (Fsp3) is 0.600. The third kappa shape index (κ3) is 1.60. The maximum Gasteiger partial charge on any atom is 0.321 e. The van der Waals surface area contributed by atoms with Crippen LogP contribution >= 0.6 is 11.8 Å². The van der Waals surface area contributed by atoms with Crippen molar-refractivity contribution < 1.29 is 33.8 Å². The average molecular weight is 300 g/mol. The lowest BCUT2D eigenvalue weighted by atomic mass is 10.4. The molecule has 0 aromatic carbocycles. The van der Waals surface area contributed by atoms with Gasteiger partial charge < -0.3 is 24.0 Å². The Morgan fingerprint density at radius 2 is 2.17 bits per heavy atom. The maximum absolute atomic E-state index is 10.7. The quantitative estimate of drug-likeness (QED) is 0.337. The number of carbonyl (C=O) groups excluding carboxylic acids is 1. The first-order chi connectivity index (χ1) is 5.29. The lowest BCUT2D eigenvalue weighted by Crippen LogP contribution is -3.00. The van der Waals surface area contributed by atoms with E-state index in [1.807, 2.05) is 6.26 Å². The van der Waals surface area contributed by atoms with Crippen molar-refractivity contribution in [1.29, 1.82) is 0 Å². The van der Waals surface area contributed by atoms with Gasteiger partial charge in [-0.3, -0.25) is 10.6 Å². The fourth-order valence-corrected chi connectivity index (χ4v) is 1.66. The van der Waals surface area contributed by atoms with Gasteiger partial charge in [0.25, 0.3) is 0 Å². The molecule has 2 aliphatic rings. The van der Waals surface area contributed by atoms with E-state index in [1.54, 1.807) is 11.8 Å². The molecule has 0 saturated carbocycles. The van der Waals surface area contributed by atoms with Gasteiger partial charge in [0.15, 0.2) is 0 Å². The molecule has 12 heavy (non-hydrogen) atoms.